The van der Waals surface area contributed by atoms with Gasteiger partial charge in [-0.2, -0.15) is 0 Å². The summed E-state index contributed by atoms with van der Waals surface area (Å²) in [4.78, 5) is 28.2. The largest absolute Gasteiger partial charge is 0.353 e. The number of carbonyl (C=O) groups excluding carboxylic acids is 2. The van der Waals surface area contributed by atoms with Crippen LogP contribution in [-0.2, 0) is 21.4 Å². The number of hydrogen-bond acceptors (Lipinski definition) is 3. The first kappa shape index (κ1) is 18.7. The third-order valence-electron chi connectivity index (χ3n) is 6.01. The molecule has 0 unspecified atom stereocenters. The summed E-state index contributed by atoms with van der Waals surface area (Å²) in [5.41, 5.74) is 2.06. The van der Waals surface area contributed by atoms with Gasteiger partial charge in [0.1, 0.15) is 0 Å². The highest BCUT2D eigenvalue weighted by Crippen LogP contribution is 2.45. The quantitative estimate of drug-likeness (QED) is 0.841. The van der Waals surface area contributed by atoms with Gasteiger partial charge in [0.25, 0.3) is 0 Å². The number of benzene rings is 2. The standard InChI is InChI=1S/C23H27N3O2/c1-26-20-10-6-5-9-19(20)23(22(26)28,15-17-7-3-2-4-8-17)16-21(27)25-18-11-13-24-14-12-18/h2-10,18,24H,11-16H2,1H3,(H,25,27)/t23-/m1/s1. The number of hydrogen-bond donors (Lipinski definition) is 2. The Hall–Kier alpha value is -2.66. The second-order valence-electron chi connectivity index (χ2n) is 7.89. The fourth-order valence-electron chi connectivity index (χ4n) is 4.58. The van der Waals surface area contributed by atoms with E-state index in [9.17, 15) is 9.59 Å². The molecule has 2 heterocycles. The van der Waals surface area contributed by atoms with Crippen LogP contribution in [0, 0.1) is 0 Å². The minimum Gasteiger partial charge on any atom is -0.353 e. The average Bonchev–Trinajstić information content (AvgIpc) is 2.92. The molecule has 5 heteroatoms. The van der Waals surface area contributed by atoms with E-state index in [1.54, 1.807) is 11.9 Å². The molecule has 0 bridgehead atoms. The number of anilines is 1. The van der Waals surface area contributed by atoms with Crippen molar-refractivity contribution in [1.82, 2.24) is 10.6 Å². The lowest BCUT2D eigenvalue weighted by Gasteiger charge is -2.30. The van der Waals surface area contributed by atoms with Crippen molar-refractivity contribution in [2.75, 3.05) is 25.0 Å². The van der Waals surface area contributed by atoms with E-state index >= 15 is 0 Å². The van der Waals surface area contributed by atoms with Gasteiger partial charge < -0.3 is 15.5 Å². The van der Waals surface area contributed by atoms with E-state index in [0.29, 0.717) is 6.42 Å². The number of carbonyl (C=O) groups is 2. The normalized spacial score (nSPS) is 22.2. The number of amides is 2. The molecule has 2 amide bonds. The average molecular weight is 377 g/mol. The molecule has 2 aromatic rings. The Balaban J connectivity index is 1.66. The molecule has 2 N–H and O–H groups in total. The van der Waals surface area contributed by atoms with Gasteiger partial charge in [-0.15, -0.1) is 0 Å². The molecule has 2 aromatic carbocycles. The summed E-state index contributed by atoms with van der Waals surface area (Å²) in [6, 6.07) is 18.0. The molecule has 0 saturated carbocycles. The van der Waals surface area contributed by atoms with Crippen LogP contribution in [0.3, 0.4) is 0 Å². The summed E-state index contributed by atoms with van der Waals surface area (Å²) in [5.74, 6) is -0.0423. The summed E-state index contributed by atoms with van der Waals surface area (Å²) >= 11 is 0. The van der Waals surface area contributed by atoms with Crippen LogP contribution in [0.4, 0.5) is 5.69 Å². The number of para-hydroxylation sites is 1. The zero-order valence-corrected chi connectivity index (χ0v) is 16.3. The highest BCUT2D eigenvalue weighted by molar-refractivity contribution is 6.09. The maximum atomic E-state index is 13.5. The molecular formula is C23H27N3O2. The van der Waals surface area contributed by atoms with Gasteiger partial charge in [0.15, 0.2) is 0 Å². The number of nitrogens with one attached hydrogen (secondary N) is 2. The van der Waals surface area contributed by atoms with Gasteiger partial charge in [-0.05, 0) is 49.5 Å². The molecule has 1 fully saturated rings. The minimum atomic E-state index is -0.857. The first-order chi connectivity index (χ1) is 13.6. The Bertz CT molecular complexity index is 861. The lowest BCUT2D eigenvalue weighted by Crippen LogP contribution is -2.48. The lowest BCUT2D eigenvalue weighted by atomic mass is 9.73. The number of rotatable bonds is 5. The van der Waals surface area contributed by atoms with Crippen molar-refractivity contribution in [2.45, 2.75) is 37.1 Å². The molecule has 0 aliphatic carbocycles. The van der Waals surface area contributed by atoms with Crippen LogP contribution >= 0.6 is 0 Å². The van der Waals surface area contributed by atoms with Crippen molar-refractivity contribution in [3.05, 3.63) is 65.7 Å². The highest BCUT2D eigenvalue weighted by Gasteiger charge is 2.50. The van der Waals surface area contributed by atoms with Crippen LogP contribution in [-0.4, -0.2) is 38.0 Å². The Morgan fingerprint density at radius 3 is 2.54 bits per heavy atom. The molecule has 1 atom stereocenters. The summed E-state index contributed by atoms with van der Waals surface area (Å²) < 4.78 is 0. The number of fused-ring (bicyclic) bond motifs is 1. The summed E-state index contributed by atoms with van der Waals surface area (Å²) in [6.45, 7) is 1.84. The van der Waals surface area contributed by atoms with Crippen LogP contribution in [0.5, 0.6) is 0 Å². The third kappa shape index (κ3) is 3.42. The first-order valence-electron chi connectivity index (χ1n) is 10.0. The summed E-state index contributed by atoms with van der Waals surface area (Å²) in [5, 5.41) is 6.49. The molecule has 0 spiro atoms. The Morgan fingerprint density at radius 2 is 1.79 bits per heavy atom. The molecule has 0 aromatic heterocycles. The molecule has 2 aliphatic rings. The third-order valence-corrected chi connectivity index (χ3v) is 6.01. The molecule has 1 saturated heterocycles. The molecule has 146 valence electrons. The fraction of sp³-hybridized carbons (Fsp3) is 0.391. The van der Waals surface area contributed by atoms with Crippen molar-refractivity contribution in [2.24, 2.45) is 0 Å². The van der Waals surface area contributed by atoms with E-state index in [2.05, 4.69) is 10.6 Å². The van der Waals surface area contributed by atoms with E-state index in [-0.39, 0.29) is 24.3 Å². The molecule has 2 aliphatic heterocycles. The first-order valence-corrected chi connectivity index (χ1v) is 10.0. The Morgan fingerprint density at radius 1 is 1.11 bits per heavy atom. The van der Waals surface area contributed by atoms with Crippen molar-refractivity contribution >= 4 is 17.5 Å². The maximum Gasteiger partial charge on any atom is 0.238 e. The zero-order chi connectivity index (χ0) is 19.6. The van der Waals surface area contributed by atoms with E-state index in [4.69, 9.17) is 0 Å². The maximum absolute atomic E-state index is 13.5. The van der Waals surface area contributed by atoms with Gasteiger partial charge in [-0.3, -0.25) is 9.59 Å². The van der Waals surface area contributed by atoms with E-state index < -0.39 is 5.41 Å². The zero-order valence-electron chi connectivity index (χ0n) is 16.3. The van der Waals surface area contributed by atoms with Crippen molar-refractivity contribution < 1.29 is 9.59 Å². The summed E-state index contributed by atoms with van der Waals surface area (Å²) in [7, 11) is 1.80. The predicted octanol–water partition coefficient (Wildman–Crippen LogP) is 2.40. The van der Waals surface area contributed by atoms with Gasteiger partial charge in [-0.1, -0.05) is 48.5 Å². The topological polar surface area (TPSA) is 61.4 Å². The van der Waals surface area contributed by atoms with Crippen molar-refractivity contribution in [3.63, 3.8) is 0 Å². The van der Waals surface area contributed by atoms with Gasteiger partial charge in [0.05, 0.1) is 5.41 Å². The van der Waals surface area contributed by atoms with Crippen LogP contribution in [0.2, 0.25) is 0 Å². The number of likely N-dealkylation sites (N-methyl/N-ethyl adjacent to an activating group) is 1. The fourth-order valence-corrected chi connectivity index (χ4v) is 4.58. The summed E-state index contributed by atoms with van der Waals surface area (Å²) in [6.07, 6.45) is 2.56. The minimum absolute atomic E-state index is 0.00184. The Kier molecular flexibility index (Phi) is 5.18. The van der Waals surface area contributed by atoms with E-state index in [1.807, 2.05) is 54.6 Å². The van der Waals surface area contributed by atoms with Crippen molar-refractivity contribution in [1.29, 1.82) is 0 Å². The van der Waals surface area contributed by atoms with Gasteiger partial charge in [-0.25, -0.2) is 0 Å². The SMILES string of the molecule is CN1C(=O)[C@@](CC(=O)NC2CCNCC2)(Cc2ccccc2)c2ccccc21. The monoisotopic (exact) mass is 377 g/mol. The second-order valence-corrected chi connectivity index (χ2v) is 7.89. The lowest BCUT2D eigenvalue weighted by molar-refractivity contribution is -0.130. The van der Waals surface area contributed by atoms with Gasteiger partial charge >= 0.3 is 0 Å². The molecule has 0 radical (unpaired) electrons. The smallest absolute Gasteiger partial charge is 0.238 e. The molecule has 5 nitrogen and oxygen atoms in total. The van der Waals surface area contributed by atoms with Crippen LogP contribution < -0.4 is 15.5 Å². The van der Waals surface area contributed by atoms with Crippen LogP contribution in [0.25, 0.3) is 0 Å². The highest BCUT2D eigenvalue weighted by atomic mass is 16.2. The molecule has 28 heavy (non-hydrogen) atoms. The Labute approximate surface area is 166 Å². The van der Waals surface area contributed by atoms with Crippen LogP contribution in [0.1, 0.15) is 30.4 Å². The van der Waals surface area contributed by atoms with Crippen molar-refractivity contribution in [3.8, 4) is 0 Å². The van der Waals surface area contributed by atoms with Gasteiger partial charge in [0, 0.05) is 25.2 Å². The molecular weight excluding hydrogens is 350 g/mol. The van der Waals surface area contributed by atoms with Crippen LogP contribution in [0.15, 0.2) is 54.6 Å². The van der Waals surface area contributed by atoms with Gasteiger partial charge in [0.2, 0.25) is 11.8 Å². The number of nitrogens with zero attached hydrogens (tertiary/aromatic N) is 1. The second kappa shape index (κ2) is 7.76. The van der Waals surface area contributed by atoms with E-state index in [0.717, 1.165) is 42.7 Å². The predicted molar refractivity (Wildman–Crippen MR) is 110 cm³/mol. The number of piperidine rings is 1. The van der Waals surface area contributed by atoms with E-state index in [1.165, 1.54) is 0 Å². The molecule has 4 rings (SSSR count).